The van der Waals surface area contributed by atoms with Crippen LogP contribution in [0, 0.1) is 20.8 Å². The summed E-state index contributed by atoms with van der Waals surface area (Å²) in [6.07, 6.45) is 0. The second-order valence-electron chi connectivity index (χ2n) is 7.17. The third-order valence-electron chi connectivity index (χ3n) is 4.98. The molecule has 0 amide bonds. The molecule has 0 radical (unpaired) electrons. The van der Waals surface area contributed by atoms with Crippen LogP contribution in [0.5, 0.6) is 0 Å². The molecule has 1 aromatic carbocycles. The zero-order chi connectivity index (χ0) is 20.6. The number of sulfonamides is 1. The van der Waals surface area contributed by atoms with Crippen LogP contribution in [0.15, 0.2) is 47.4 Å². The van der Waals surface area contributed by atoms with Gasteiger partial charge in [-0.05, 0) is 39.0 Å². The van der Waals surface area contributed by atoms with E-state index in [2.05, 4.69) is 20.0 Å². The Hall–Kier alpha value is -2.78. The third-order valence-corrected chi connectivity index (χ3v) is 6.89. The van der Waals surface area contributed by atoms with Gasteiger partial charge in [-0.2, -0.15) is 9.40 Å². The van der Waals surface area contributed by atoms with Crippen LogP contribution in [0.25, 0.3) is 5.82 Å². The fourth-order valence-electron chi connectivity index (χ4n) is 3.57. The molecule has 1 aliphatic heterocycles. The number of aromatic nitrogens is 4. The van der Waals surface area contributed by atoms with E-state index in [0.717, 1.165) is 23.0 Å². The average Bonchev–Trinajstić information content (AvgIpc) is 3.06. The number of nitrogens with zero attached hydrogens (tertiary/aromatic N) is 6. The average molecular weight is 413 g/mol. The Morgan fingerprint density at radius 2 is 1.52 bits per heavy atom. The Labute approximate surface area is 170 Å². The topological polar surface area (TPSA) is 84.2 Å². The maximum Gasteiger partial charge on any atom is 0.243 e. The van der Waals surface area contributed by atoms with Crippen molar-refractivity contribution in [1.82, 2.24) is 24.1 Å². The molecule has 0 N–H and O–H groups in total. The summed E-state index contributed by atoms with van der Waals surface area (Å²) in [5, 5.41) is 4.51. The molecule has 0 atom stereocenters. The van der Waals surface area contributed by atoms with E-state index in [1.54, 1.807) is 24.3 Å². The van der Waals surface area contributed by atoms with Gasteiger partial charge < -0.3 is 4.90 Å². The Balaban J connectivity index is 1.54. The van der Waals surface area contributed by atoms with Gasteiger partial charge in [0.25, 0.3) is 0 Å². The fraction of sp³-hybridized carbons (Fsp3) is 0.350. The molecule has 0 spiro atoms. The van der Waals surface area contributed by atoms with Crippen molar-refractivity contribution < 1.29 is 8.42 Å². The van der Waals surface area contributed by atoms with Crippen molar-refractivity contribution in [3.63, 3.8) is 0 Å². The quantitative estimate of drug-likeness (QED) is 0.653. The molecule has 0 bridgehead atoms. The van der Waals surface area contributed by atoms with Crippen LogP contribution in [-0.4, -0.2) is 58.7 Å². The van der Waals surface area contributed by atoms with Crippen molar-refractivity contribution in [2.75, 3.05) is 31.1 Å². The van der Waals surface area contributed by atoms with Crippen LogP contribution in [0.2, 0.25) is 0 Å². The fourth-order valence-corrected chi connectivity index (χ4v) is 5.01. The van der Waals surface area contributed by atoms with Crippen LogP contribution in [0.1, 0.15) is 17.2 Å². The van der Waals surface area contributed by atoms with Crippen LogP contribution >= 0.6 is 0 Å². The van der Waals surface area contributed by atoms with Gasteiger partial charge in [0.05, 0.1) is 10.6 Å². The summed E-state index contributed by atoms with van der Waals surface area (Å²) >= 11 is 0. The van der Waals surface area contributed by atoms with E-state index in [-0.39, 0.29) is 0 Å². The first-order chi connectivity index (χ1) is 13.8. The summed E-state index contributed by atoms with van der Waals surface area (Å²) in [7, 11) is -3.47. The molecular weight excluding hydrogens is 388 g/mol. The molecule has 1 fully saturated rings. The van der Waals surface area contributed by atoms with Crippen molar-refractivity contribution in [2.24, 2.45) is 0 Å². The van der Waals surface area contributed by atoms with Crippen LogP contribution in [0.3, 0.4) is 0 Å². The van der Waals surface area contributed by atoms with Crippen molar-refractivity contribution in [1.29, 1.82) is 0 Å². The minimum atomic E-state index is -3.47. The number of aryl methyl sites for hydroxylation is 3. The zero-order valence-electron chi connectivity index (χ0n) is 16.8. The summed E-state index contributed by atoms with van der Waals surface area (Å²) in [5.74, 6) is 2.17. The van der Waals surface area contributed by atoms with E-state index in [0.29, 0.717) is 36.9 Å². The van der Waals surface area contributed by atoms with Crippen molar-refractivity contribution in [3.05, 3.63) is 59.7 Å². The van der Waals surface area contributed by atoms with Gasteiger partial charge in [-0.3, -0.25) is 0 Å². The van der Waals surface area contributed by atoms with Crippen molar-refractivity contribution in [2.45, 2.75) is 25.7 Å². The Bertz CT molecular complexity index is 1120. The maximum absolute atomic E-state index is 12.8. The van der Waals surface area contributed by atoms with E-state index < -0.39 is 10.0 Å². The highest BCUT2D eigenvalue weighted by Crippen LogP contribution is 2.22. The predicted octanol–water partition coefficient (Wildman–Crippen LogP) is 2.10. The number of hydrogen-bond acceptors (Lipinski definition) is 6. The van der Waals surface area contributed by atoms with Gasteiger partial charge in [0.2, 0.25) is 10.0 Å². The molecule has 0 aliphatic carbocycles. The van der Waals surface area contributed by atoms with Gasteiger partial charge in [-0.15, -0.1) is 0 Å². The molecule has 8 nitrogen and oxygen atoms in total. The summed E-state index contributed by atoms with van der Waals surface area (Å²) in [6, 6.07) is 12.5. The normalized spacial score (nSPS) is 15.6. The first kappa shape index (κ1) is 19.5. The molecule has 29 heavy (non-hydrogen) atoms. The smallest absolute Gasteiger partial charge is 0.243 e. The highest BCUT2D eigenvalue weighted by Gasteiger charge is 2.29. The van der Waals surface area contributed by atoms with Gasteiger partial charge in [-0.1, -0.05) is 18.2 Å². The molecule has 4 rings (SSSR count). The molecule has 152 valence electrons. The minimum Gasteiger partial charge on any atom is -0.354 e. The van der Waals surface area contributed by atoms with Crippen molar-refractivity contribution >= 4 is 15.8 Å². The molecule has 0 unspecified atom stereocenters. The summed E-state index contributed by atoms with van der Waals surface area (Å²) < 4.78 is 29.0. The second kappa shape index (κ2) is 7.57. The van der Waals surface area contributed by atoms with E-state index in [4.69, 9.17) is 0 Å². The molecule has 3 heterocycles. The molecule has 0 saturated carbocycles. The monoisotopic (exact) mass is 412 g/mol. The number of piperazine rings is 1. The van der Waals surface area contributed by atoms with E-state index >= 15 is 0 Å². The number of hydrogen-bond donors (Lipinski definition) is 0. The molecule has 9 heteroatoms. The molecule has 1 aliphatic rings. The molecule has 3 aromatic rings. The van der Waals surface area contributed by atoms with E-state index in [1.165, 1.54) is 4.31 Å². The Morgan fingerprint density at radius 1 is 0.862 bits per heavy atom. The second-order valence-corrected chi connectivity index (χ2v) is 9.11. The third kappa shape index (κ3) is 3.88. The molecular formula is C20H24N6O2S. The molecule has 2 aromatic heterocycles. The van der Waals surface area contributed by atoms with Gasteiger partial charge in [0.1, 0.15) is 11.6 Å². The lowest BCUT2D eigenvalue weighted by atomic mass is 10.3. The van der Waals surface area contributed by atoms with Crippen LogP contribution in [-0.2, 0) is 10.0 Å². The number of anilines is 1. The zero-order valence-corrected chi connectivity index (χ0v) is 17.6. The lowest BCUT2D eigenvalue weighted by Crippen LogP contribution is -2.49. The largest absolute Gasteiger partial charge is 0.354 e. The molecule has 1 saturated heterocycles. The van der Waals surface area contributed by atoms with Gasteiger partial charge in [0, 0.05) is 37.9 Å². The highest BCUT2D eigenvalue weighted by molar-refractivity contribution is 7.89. The summed E-state index contributed by atoms with van der Waals surface area (Å²) in [6.45, 7) is 7.76. The van der Waals surface area contributed by atoms with Gasteiger partial charge in [-0.25, -0.2) is 23.1 Å². The van der Waals surface area contributed by atoms with Crippen LogP contribution in [0.4, 0.5) is 5.82 Å². The SMILES string of the molecule is Cc1cc(C)n(-c2cc(N3CCN(S(=O)(=O)c4ccccc4)CC3)nc(C)n2)n1. The van der Waals surface area contributed by atoms with Crippen LogP contribution < -0.4 is 4.90 Å². The predicted molar refractivity (Wildman–Crippen MR) is 111 cm³/mol. The lowest BCUT2D eigenvalue weighted by molar-refractivity contribution is 0.383. The van der Waals surface area contributed by atoms with E-state index in [9.17, 15) is 8.42 Å². The standard InChI is InChI=1S/C20H24N6O2S/c1-15-13-16(2)26(23-15)20-14-19(21-17(3)22-20)24-9-11-25(12-10-24)29(27,28)18-7-5-4-6-8-18/h4-8,13-14H,9-12H2,1-3H3. The van der Waals surface area contributed by atoms with E-state index in [1.807, 2.05) is 43.7 Å². The number of rotatable bonds is 4. The Morgan fingerprint density at radius 3 is 2.14 bits per heavy atom. The summed E-state index contributed by atoms with van der Waals surface area (Å²) in [5.41, 5.74) is 1.94. The van der Waals surface area contributed by atoms with Gasteiger partial charge in [0.15, 0.2) is 5.82 Å². The van der Waals surface area contributed by atoms with Gasteiger partial charge >= 0.3 is 0 Å². The minimum absolute atomic E-state index is 0.332. The Kier molecular flexibility index (Phi) is 5.10. The highest BCUT2D eigenvalue weighted by atomic mass is 32.2. The van der Waals surface area contributed by atoms with Crippen molar-refractivity contribution in [3.8, 4) is 5.82 Å². The first-order valence-electron chi connectivity index (χ1n) is 9.54. The summed E-state index contributed by atoms with van der Waals surface area (Å²) in [4.78, 5) is 11.5. The number of benzene rings is 1. The lowest BCUT2D eigenvalue weighted by Gasteiger charge is -2.34. The maximum atomic E-state index is 12.8. The first-order valence-corrected chi connectivity index (χ1v) is 11.0.